The number of benzene rings is 1. The average molecular weight is 555 g/mol. The van der Waals surface area contributed by atoms with Gasteiger partial charge < -0.3 is 23.8 Å². The summed E-state index contributed by atoms with van der Waals surface area (Å²) in [6, 6.07) is 5.34. The Bertz CT molecular complexity index is 1320. The Labute approximate surface area is 220 Å². The minimum Gasteiger partial charge on any atom is -0.493 e. The van der Waals surface area contributed by atoms with Crippen molar-refractivity contribution in [3.63, 3.8) is 0 Å². The first-order valence-electron chi connectivity index (χ1n) is 11.5. The van der Waals surface area contributed by atoms with Gasteiger partial charge in [-0.3, -0.25) is 9.19 Å². The summed E-state index contributed by atoms with van der Waals surface area (Å²) in [7, 11) is 2.42. The molecule has 206 valence electrons. The molecule has 0 bridgehead atoms. The lowest BCUT2D eigenvalue weighted by molar-refractivity contribution is 0.0550. The molecule has 1 atom stereocenters. The lowest BCUT2D eigenvalue weighted by atomic mass is 10.1. The number of hydrogen-bond acceptors (Lipinski definition) is 9. The van der Waals surface area contributed by atoms with Crippen LogP contribution in [-0.2, 0) is 32.4 Å². The summed E-state index contributed by atoms with van der Waals surface area (Å²) in [5, 5.41) is -0.107. The smallest absolute Gasteiger partial charge is 0.493 e. The molecule has 38 heavy (non-hydrogen) atoms. The van der Waals surface area contributed by atoms with Gasteiger partial charge in [-0.25, -0.2) is 27.9 Å². The van der Waals surface area contributed by atoms with Gasteiger partial charge in [0.1, 0.15) is 6.61 Å². The Morgan fingerprint density at radius 3 is 2.58 bits per heavy atom. The maximum absolute atomic E-state index is 13.6. The van der Waals surface area contributed by atoms with E-state index >= 15 is 0 Å². The highest BCUT2D eigenvalue weighted by molar-refractivity contribution is 7.84. The van der Waals surface area contributed by atoms with Gasteiger partial charge in [0.2, 0.25) is 11.6 Å². The fraction of sp³-hybridized carbons (Fsp3) is 0.417. The number of methoxy groups -OCH3 is 2. The first kappa shape index (κ1) is 28.8. The van der Waals surface area contributed by atoms with Crippen molar-refractivity contribution in [1.82, 2.24) is 19.4 Å². The third kappa shape index (κ3) is 6.73. The normalized spacial score (nSPS) is 11.9. The van der Waals surface area contributed by atoms with Gasteiger partial charge >= 0.3 is 12.2 Å². The van der Waals surface area contributed by atoms with Crippen molar-refractivity contribution >= 4 is 34.0 Å². The van der Waals surface area contributed by atoms with Crippen LogP contribution in [0.4, 0.5) is 18.4 Å². The highest BCUT2D eigenvalue weighted by Gasteiger charge is 2.26. The van der Waals surface area contributed by atoms with E-state index in [1.165, 1.54) is 50.6 Å². The molecule has 0 aliphatic rings. The van der Waals surface area contributed by atoms with Gasteiger partial charge in [-0.05, 0) is 24.6 Å². The summed E-state index contributed by atoms with van der Waals surface area (Å²) in [6.07, 6.45) is -2.46. The molecular weight excluding hydrogens is 526 g/mol. The molecule has 0 aliphatic carbocycles. The minimum atomic E-state index is -2.57. The number of imidazole rings is 1. The van der Waals surface area contributed by atoms with E-state index < -0.39 is 35.8 Å². The standard InChI is InChI=1S/C24H28F2N4O7S/c1-5-36-24(32)37-11-10-29(2)23(31)30-18-7-6-15(13-20(25)26)12-16(18)28-22(30)38(33)14-17-21(35-4)19(34-3)8-9-27-17/h6-9,12,20H,5,10-11,13-14H2,1-4H3. The highest BCUT2D eigenvalue weighted by atomic mass is 32.2. The van der Waals surface area contributed by atoms with Gasteiger partial charge in [-0.15, -0.1) is 0 Å². The van der Waals surface area contributed by atoms with Crippen molar-refractivity contribution in [3.8, 4) is 11.5 Å². The van der Waals surface area contributed by atoms with E-state index in [-0.39, 0.29) is 47.5 Å². The van der Waals surface area contributed by atoms with Crippen LogP contribution in [0, 0.1) is 0 Å². The fourth-order valence-corrected chi connectivity index (χ4v) is 4.74. The Morgan fingerprint density at radius 1 is 1.16 bits per heavy atom. The van der Waals surface area contributed by atoms with Gasteiger partial charge in [0.05, 0.1) is 60.7 Å². The zero-order valence-corrected chi connectivity index (χ0v) is 22.1. The second kappa shape index (κ2) is 13.1. The number of nitrogens with zero attached hydrogens (tertiary/aromatic N) is 4. The van der Waals surface area contributed by atoms with Gasteiger partial charge in [-0.2, -0.15) is 0 Å². The number of rotatable bonds is 11. The number of aromatic nitrogens is 3. The van der Waals surface area contributed by atoms with E-state index in [0.29, 0.717) is 17.0 Å². The zero-order valence-electron chi connectivity index (χ0n) is 21.3. The SMILES string of the molecule is CCOC(=O)OCCN(C)C(=O)n1c(S(=O)Cc2nccc(OC)c2OC)nc2cc(CC(F)F)ccc21. The molecule has 14 heteroatoms. The van der Waals surface area contributed by atoms with Gasteiger partial charge in [-0.1, -0.05) is 6.07 Å². The summed E-state index contributed by atoms with van der Waals surface area (Å²) in [6.45, 7) is 1.63. The van der Waals surface area contributed by atoms with Crippen LogP contribution in [0.5, 0.6) is 11.5 Å². The molecule has 3 rings (SSSR count). The zero-order chi connectivity index (χ0) is 27.8. The van der Waals surface area contributed by atoms with Crippen LogP contribution >= 0.6 is 0 Å². The molecule has 0 saturated carbocycles. The molecule has 0 N–H and O–H groups in total. The molecule has 11 nitrogen and oxygen atoms in total. The largest absolute Gasteiger partial charge is 0.508 e. The topological polar surface area (TPSA) is 122 Å². The van der Waals surface area contributed by atoms with Crippen LogP contribution in [0.1, 0.15) is 18.2 Å². The van der Waals surface area contributed by atoms with E-state index in [4.69, 9.17) is 18.9 Å². The van der Waals surface area contributed by atoms with Crippen LogP contribution in [0.2, 0.25) is 0 Å². The summed E-state index contributed by atoms with van der Waals surface area (Å²) in [5.41, 5.74) is 1.13. The number of ether oxygens (including phenoxy) is 4. The van der Waals surface area contributed by atoms with Crippen LogP contribution in [0.3, 0.4) is 0 Å². The van der Waals surface area contributed by atoms with E-state index in [1.807, 2.05) is 0 Å². The van der Waals surface area contributed by atoms with Crippen LogP contribution in [-0.4, -0.2) is 83.3 Å². The van der Waals surface area contributed by atoms with Crippen LogP contribution < -0.4 is 9.47 Å². The van der Waals surface area contributed by atoms with Crippen molar-refractivity contribution in [2.75, 3.05) is 41.0 Å². The molecule has 0 aliphatic heterocycles. The molecule has 1 aromatic carbocycles. The summed E-state index contributed by atoms with van der Waals surface area (Å²) in [5.74, 6) is 0.498. The molecule has 0 saturated heterocycles. The molecule has 0 radical (unpaired) electrons. The van der Waals surface area contributed by atoms with Gasteiger partial charge in [0.15, 0.2) is 11.5 Å². The third-order valence-electron chi connectivity index (χ3n) is 5.34. The predicted molar refractivity (Wildman–Crippen MR) is 133 cm³/mol. The van der Waals surface area contributed by atoms with Crippen molar-refractivity contribution in [3.05, 3.63) is 41.7 Å². The minimum absolute atomic E-state index is 0.00186. The lowest BCUT2D eigenvalue weighted by Gasteiger charge is -2.19. The molecule has 0 spiro atoms. The number of hydrogen-bond donors (Lipinski definition) is 0. The number of fused-ring (bicyclic) bond motifs is 1. The third-order valence-corrected chi connectivity index (χ3v) is 6.56. The molecule has 2 aromatic heterocycles. The molecule has 2 heterocycles. The van der Waals surface area contributed by atoms with Crippen molar-refractivity contribution in [2.24, 2.45) is 0 Å². The number of carbonyl (C=O) groups excluding carboxylic acids is 2. The molecule has 3 aromatic rings. The quantitative estimate of drug-likeness (QED) is 0.327. The van der Waals surface area contributed by atoms with Crippen molar-refractivity contribution in [1.29, 1.82) is 0 Å². The second-order valence-corrected chi connectivity index (χ2v) is 9.21. The predicted octanol–water partition coefficient (Wildman–Crippen LogP) is 3.64. The van der Waals surface area contributed by atoms with Gasteiger partial charge in [0, 0.05) is 25.7 Å². The Kier molecular flexibility index (Phi) is 9.93. The van der Waals surface area contributed by atoms with Crippen LogP contribution in [0.15, 0.2) is 35.6 Å². The van der Waals surface area contributed by atoms with E-state index in [9.17, 15) is 22.6 Å². The molecule has 1 amide bonds. The van der Waals surface area contributed by atoms with Crippen molar-refractivity contribution in [2.45, 2.75) is 30.7 Å². The summed E-state index contributed by atoms with van der Waals surface area (Å²) >= 11 is 0. The lowest BCUT2D eigenvalue weighted by Crippen LogP contribution is -2.35. The maximum Gasteiger partial charge on any atom is 0.508 e. The number of carbonyl (C=O) groups is 2. The fourth-order valence-electron chi connectivity index (χ4n) is 3.58. The number of alkyl halides is 2. The summed E-state index contributed by atoms with van der Waals surface area (Å²) in [4.78, 5) is 34.7. The number of halogens is 2. The average Bonchev–Trinajstić information content (AvgIpc) is 3.26. The number of pyridine rings is 1. The summed E-state index contributed by atoms with van der Waals surface area (Å²) < 4.78 is 60.9. The molecular formula is C24H28F2N4O7S. The maximum atomic E-state index is 13.6. The van der Waals surface area contributed by atoms with Gasteiger partial charge in [0.25, 0.3) is 0 Å². The monoisotopic (exact) mass is 554 g/mol. The van der Waals surface area contributed by atoms with E-state index in [2.05, 4.69) is 9.97 Å². The van der Waals surface area contributed by atoms with E-state index in [1.54, 1.807) is 13.0 Å². The second-order valence-electron chi connectivity index (χ2n) is 7.87. The molecule has 0 fully saturated rings. The highest BCUT2D eigenvalue weighted by Crippen LogP contribution is 2.31. The Morgan fingerprint density at radius 2 is 1.92 bits per heavy atom. The molecule has 1 unspecified atom stereocenters. The van der Waals surface area contributed by atoms with Crippen molar-refractivity contribution < 1.29 is 41.5 Å². The Balaban J connectivity index is 1.97. The Hall–Kier alpha value is -3.81. The first-order valence-corrected chi connectivity index (χ1v) is 12.8. The first-order chi connectivity index (χ1) is 18.2. The van der Waals surface area contributed by atoms with Crippen LogP contribution in [0.25, 0.3) is 11.0 Å². The van der Waals surface area contributed by atoms with E-state index in [0.717, 1.165) is 4.57 Å². The number of amides is 1. The number of likely N-dealkylation sites (N-methyl/N-ethyl adjacent to an activating group) is 1.